The van der Waals surface area contributed by atoms with Crippen molar-refractivity contribution in [1.29, 1.82) is 0 Å². The Balaban J connectivity index is 2.27. The Morgan fingerprint density at radius 2 is 2.24 bits per heavy atom. The van der Waals surface area contributed by atoms with Crippen LogP contribution < -0.4 is 10.1 Å². The maximum absolute atomic E-state index is 6.07. The number of benzene rings is 1. The summed E-state index contributed by atoms with van der Waals surface area (Å²) in [4.78, 5) is 0. The predicted octanol–water partition coefficient (Wildman–Crippen LogP) is 4.46. The van der Waals surface area contributed by atoms with Gasteiger partial charge in [0.1, 0.15) is 5.75 Å². The van der Waals surface area contributed by atoms with Crippen molar-refractivity contribution in [2.75, 3.05) is 19.8 Å². The van der Waals surface area contributed by atoms with Gasteiger partial charge in [-0.15, -0.1) is 0 Å². The minimum Gasteiger partial charge on any atom is -0.494 e. The van der Waals surface area contributed by atoms with E-state index in [0.717, 1.165) is 42.6 Å². The van der Waals surface area contributed by atoms with Crippen LogP contribution in [0.1, 0.15) is 51.6 Å². The van der Waals surface area contributed by atoms with E-state index in [9.17, 15) is 0 Å². The highest BCUT2D eigenvalue weighted by Crippen LogP contribution is 2.40. The summed E-state index contributed by atoms with van der Waals surface area (Å²) >= 11 is 3.71. The minimum absolute atomic E-state index is 0.134. The van der Waals surface area contributed by atoms with Gasteiger partial charge < -0.3 is 14.8 Å². The monoisotopic (exact) mass is 355 g/mol. The molecule has 4 heteroatoms. The lowest BCUT2D eigenvalue weighted by molar-refractivity contribution is -0.0126. The number of ether oxygens (including phenoxy) is 2. The Labute approximate surface area is 136 Å². The van der Waals surface area contributed by atoms with E-state index in [1.54, 1.807) is 0 Å². The molecule has 2 unspecified atom stereocenters. The number of hydrogen-bond acceptors (Lipinski definition) is 3. The zero-order valence-electron chi connectivity index (χ0n) is 13.2. The summed E-state index contributed by atoms with van der Waals surface area (Å²) in [7, 11) is 0. The lowest BCUT2D eigenvalue weighted by Crippen LogP contribution is -2.41. The molecule has 0 aromatic heterocycles. The van der Waals surface area contributed by atoms with Gasteiger partial charge in [-0.25, -0.2) is 0 Å². The molecule has 0 radical (unpaired) electrons. The van der Waals surface area contributed by atoms with Crippen molar-refractivity contribution >= 4 is 15.9 Å². The molecule has 1 aromatic rings. The first-order chi connectivity index (χ1) is 10.1. The van der Waals surface area contributed by atoms with Crippen LogP contribution in [-0.2, 0) is 4.74 Å². The van der Waals surface area contributed by atoms with Gasteiger partial charge in [0.15, 0.2) is 0 Å². The fourth-order valence-electron chi connectivity index (χ4n) is 2.97. The van der Waals surface area contributed by atoms with E-state index < -0.39 is 0 Å². The third-order valence-electron chi connectivity index (χ3n) is 4.05. The Hall–Kier alpha value is -0.580. The molecule has 0 spiro atoms. The average Bonchev–Trinajstić information content (AvgIpc) is 2.89. The van der Waals surface area contributed by atoms with Crippen LogP contribution in [0.2, 0.25) is 0 Å². The molecular formula is C17H26BrNO2. The maximum Gasteiger partial charge on any atom is 0.120 e. The highest BCUT2D eigenvalue weighted by molar-refractivity contribution is 9.10. The molecular weight excluding hydrogens is 330 g/mol. The Morgan fingerprint density at radius 1 is 1.43 bits per heavy atom. The quantitative estimate of drug-likeness (QED) is 0.783. The molecule has 2 rings (SSSR count). The van der Waals surface area contributed by atoms with Gasteiger partial charge in [0.25, 0.3) is 0 Å². The van der Waals surface area contributed by atoms with Gasteiger partial charge in [-0.1, -0.05) is 28.9 Å². The Bertz CT molecular complexity index is 458. The summed E-state index contributed by atoms with van der Waals surface area (Å²) < 4.78 is 12.7. The van der Waals surface area contributed by atoms with Crippen molar-refractivity contribution in [3.63, 3.8) is 0 Å². The first-order valence-electron chi connectivity index (χ1n) is 7.90. The summed E-state index contributed by atoms with van der Waals surface area (Å²) in [5.41, 5.74) is 1.11. The lowest BCUT2D eigenvalue weighted by atomic mass is 9.87. The molecule has 0 bridgehead atoms. The molecule has 0 amide bonds. The second kappa shape index (κ2) is 7.61. The van der Waals surface area contributed by atoms with Crippen LogP contribution in [-0.4, -0.2) is 25.4 Å². The van der Waals surface area contributed by atoms with Crippen molar-refractivity contribution in [1.82, 2.24) is 5.32 Å². The van der Waals surface area contributed by atoms with E-state index in [0.29, 0.717) is 6.61 Å². The summed E-state index contributed by atoms with van der Waals surface area (Å²) in [6.07, 6.45) is 3.34. The van der Waals surface area contributed by atoms with Crippen LogP contribution in [0, 0.1) is 0 Å². The molecule has 0 saturated carbocycles. The fraction of sp³-hybridized carbons (Fsp3) is 0.647. The standard InChI is InChI=1S/C17H26BrNO2/c1-4-10-19-16(17(3)9-6-11-21-17)14-8-7-13(20-5-2)12-15(14)18/h7-8,12,16,19H,4-6,9-11H2,1-3H3. The second-order valence-electron chi connectivity index (χ2n) is 5.77. The third kappa shape index (κ3) is 3.99. The van der Waals surface area contributed by atoms with Crippen LogP contribution in [0.4, 0.5) is 0 Å². The molecule has 118 valence electrons. The first kappa shape index (κ1) is 16.8. The normalized spacial score (nSPS) is 23.2. The van der Waals surface area contributed by atoms with Gasteiger partial charge >= 0.3 is 0 Å². The summed E-state index contributed by atoms with van der Waals surface area (Å²) in [5, 5.41) is 3.66. The van der Waals surface area contributed by atoms with Crippen LogP contribution in [0.25, 0.3) is 0 Å². The SMILES string of the molecule is CCCNC(c1ccc(OCC)cc1Br)C1(C)CCCO1. The number of rotatable bonds is 7. The molecule has 1 saturated heterocycles. The fourth-order valence-corrected chi connectivity index (χ4v) is 3.56. The van der Waals surface area contributed by atoms with Gasteiger partial charge in [0, 0.05) is 11.1 Å². The Morgan fingerprint density at radius 3 is 2.81 bits per heavy atom. The van der Waals surface area contributed by atoms with Crippen LogP contribution in [0.5, 0.6) is 5.75 Å². The van der Waals surface area contributed by atoms with E-state index in [2.05, 4.69) is 47.2 Å². The molecule has 1 aliphatic rings. The highest BCUT2D eigenvalue weighted by Gasteiger charge is 2.39. The molecule has 21 heavy (non-hydrogen) atoms. The summed E-state index contributed by atoms with van der Waals surface area (Å²) in [5.74, 6) is 0.903. The topological polar surface area (TPSA) is 30.5 Å². The zero-order chi connectivity index (χ0) is 15.3. The van der Waals surface area contributed by atoms with Crippen molar-refractivity contribution in [2.45, 2.75) is 51.7 Å². The van der Waals surface area contributed by atoms with Crippen molar-refractivity contribution in [3.8, 4) is 5.75 Å². The summed E-state index contributed by atoms with van der Waals surface area (Å²) in [6.45, 7) is 8.94. The molecule has 1 fully saturated rings. The largest absolute Gasteiger partial charge is 0.494 e. The van der Waals surface area contributed by atoms with Gasteiger partial charge in [-0.2, -0.15) is 0 Å². The van der Waals surface area contributed by atoms with Crippen LogP contribution in [0.15, 0.2) is 22.7 Å². The molecule has 1 N–H and O–H groups in total. The number of hydrogen-bond donors (Lipinski definition) is 1. The highest BCUT2D eigenvalue weighted by atomic mass is 79.9. The van der Waals surface area contributed by atoms with Gasteiger partial charge in [-0.3, -0.25) is 0 Å². The molecule has 1 aromatic carbocycles. The second-order valence-corrected chi connectivity index (χ2v) is 6.62. The molecule has 1 heterocycles. The molecule has 2 atom stereocenters. The van der Waals surface area contributed by atoms with E-state index in [1.165, 1.54) is 5.56 Å². The number of halogens is 1. The van der Waals surface area contributed by atoms with E-state index in [4.69, 9.17) is 9.47 Å². The molecule has 1 aliphatic heterocycles. The molecule has 3 nitrogen and oxygen atoms in total. The third-order valence-corrected chi connectivity index (χ3v) is 4.74. The van der Waals surface area contributed by atoms with Crippen LogP contribution in [0.3, 0.4) is 0 Å². The van der Waals surface area contributed by atoms with E-state index in [1.807, 2.05) is 13.0 Å². The average molecular weight is 356 g/mol. The van der Waals surface area contributed by atoms with E-state index in [-0.39, 0.29) is 11.6 Å². The lowest BCUT2D eigenvalue weighted by Gasteiger charge is -2.35. The van der Waals surface area contributed by atoms with Crippen molar-refractivity contribution < 1.29 is 9.47 Å². The van der Waals surface area contributed by atoms with Crippen molar-refractivity contribution in [2.24, 2.45) is 0 Å². The first-order valence-corrected chi connectivity index (χ1v) is 8.69. The molecule has 0 aliphatic carbocycles. The smallest absolute Gasteiger partial charge is 0.120 e. The predicted molar refractivity (Wildman–Crippen MR) is 89.9 cm³/mol. The van der Waals surface area contributed by atoms with Crippen molar-refractivity contribution in [3.05, 3.63) is 28.2 Å². The van der Waals surface area contributed by atoms with E-state index >= 15 is 0 Å². The van der Waals surface area contributed by atoms with Crippen LogP contribution >= 0.6 is 15.9 Å². The summed E-state index contributed by atoms with van der Waals surface area (Å²) in [6, 6.07) is 6.44. The van der Waals surface area contributed by atoms with Gasteiger partial charge in [-0.05, 0) is 57.4 Å². The zero-order valence-corrected chi connectivity index (χ0v) is 14.8. The number of nitrogens with one attached hydrogen (secondary N) is 1. The minimum atomic E-state index is -0.134. The Kier molecular flexibility index (Phi) is 6.08. The van der Waals surface area contributed by atoms with Gasteiger partial charge in [0.05, 0.1) is 18.2 Å². The maximum atomic E-state index is 6.07. The van der Waals surface area contributed by atoms with Gasteiger partial charge in [0.2, 0.25) is 0 Å².